The van der Waals surface area contributed by atoms with E-state index in [1.165, 1.54) is 0 Å². The van der Waals surface area contributed by atoms with Crippen molar-refractivity contribution in [1.29, 1.82) is 0 Å². The maximum Gasteiger partial charge on any atom is 0.127 e. The molecule has 0 heterocycles. The molecular weight excluding hydrogens is 188 g/mol. The van der Waals surface area contributed by atoms with Gasteiger partial charge in [-0.3, -0.25) is 0 Å². The highest BCUT2D eigenvalue weighted by atomic mass is 16.5. The van der Waals surface area contributed by atoms with Crippen molar-refractivity contribution in [2.75, 3.05) is 11.5 Å². The molecule has 4 N–H and O–H groups in total. The van der Waals surface area contributed by atoms with Gasteiger partial charge in [0.1, 0.15) is 11.5 Å². The summed E-state index contributed by atoms with van der Waals surface area (Å²) < 4.78 is 5.58. The summed E-state index contributed by atoms with van der Waals surface area (Å²) in [6, 6.07) is 14.5. The lowest BCUT2D eigenvalue weighted by atomic mass is 10.3. The van der Waals surface area contributed by atoms with Gasteiger partial charge in [0.2, 0.25) is 0 Å². The monoisotopic (exact) mass is 204 g/mol. The molecule has 2 aromatic rings. The van der Waals surface area contributed by atoms with Crippen LogP contribution in [0.2, 0.25) is 0 Å². The van der Waals surface area contributed by atoms with Gasteiger partial charge in [0, 0.05) is 14.2 Å². The van der Waals surface area contributed by atoms with E-state index in [-0.39, 0.29) is 2.85 Å². The average molecular weight is 204 g/mol. The molecule has 0 saturated heterocycles. The Balaban J connectivity index is 0.00000128. The van der Waals surface area contributed by atoms with Crippen LogP contribution in [0, 0.1) is 0 Å². The van der Waals surface area contributed by atoms with Gasteiger partial charge in [0.25, 0.3) is 0 Å². The van der Waals surface area contributed by atoms with Crippen LogP contribution in [0.3, 0.4) is 0 Å². The van der Waals surface area contributed by atoms with Crippen LogP contribution in [0.15, 0.2) is 48.5 Å². The predicted octanol–water partition coefficient (Wildman–Crippen LogP) is 3.14. The fraction of sp³-hybridized carbons (Fsp3) is 0. The van der Waals surface area contributed by atoms with Gasteiger partial charge in [-0.2, -0.15) is 0 Å². The Kier molecular flexibility index (Phi) is 2.46. The number of anilines is 2. The molecule has 0 aromatic heterocycles. The molecule has 0 amide bonds. The third kappa shape index (κ3) is 2.40. The molecule has 3 heteroatoms. The van der Waals surface area contributed by atoms with Gasteiger partial charge in [0.15, 0.2) is 0 Å². The molecule has 0 bridgehead atoms. The van der Waals surface area contributed by atoms with Gasteiger partial charge >= 0.3 is 0 Å². The maximum atomic E-state index is 5.58. The van der Waals surface area contributed by atoms with Crippen LogP contribution in [0.1, 0.15) is 2.85 Å². The zero-order chi connectivity index (χ0) is 10.7. The third-order valence-corrected chi connectivity index (χ3v) is 2.00. The van der Waals surface area contributed by atoms with Crippen LogP contribution < -0.4 is 16.2 Å². The number of nitrogen functional groups attached to an aromatic ring is 2. The SMILES string of the molecule is Nc1ccc(Oc2ccc(N)cc2)cc1.[HH].[HH]. The van der Waals surface area contributed by atoms with Gasteiger partial charge in [-0.1, -0.05) is 0 Å². The van der Waals surface area contributed by atoms with Gasteiger partial charge in [-0.25, -0.2) is 0 Å². The average Bonchev–Trinajstić information content (AvgIpc) is 2.25. The van der Waals surface area contributed by atoms with E-state index in [1.807, 2.05) is 24.3 Å². The van der Waals surface area contributed by atoms with Crippen molar-refractivity contribution in [3.63, 3.8) is 0 Å². The molecule has 0 aliphatic rings. The minimum absolute atomic E-state index is 0. The second kappa shape index (κ2) is 3.92. The molecule has 0 fully saturated rings. The first-order chi connectivity index (χ1) is 7.24. The van der Waals surface area contributed by atoms with E-state index in [2.05, 4.69) is 0 Å². The predicted molar refractivity (Wildman–Crippen MR) is 66.0 cm³/mol. The summed E-state index contributed by atoms with van der Waals surface area (Å²) in [5.74, 6) is 1.52. The van der Waals surface area contributed by atoms with Crippen molar-refractivity contribution < 1.29 is 7.59 Å². The van der Waals surface area contributed by atoms with E-state index in [1.54, 1.807) is 24.3 Å². The van der Waals surface area contributed by atoms with Crippen LogP contribution in [-0.2, 0) is 0 Å². The van der Waals surface area contributed by atoms with Crippen LogP contribution in [-0.4, -0.2) is 0 Å². The standard InChI is InChI=1S/C12H12N2O.2H2/c13-9-1-5-11(6-2-9)15-12-7-3-10(14)4-8-12;;/h1-8H,13-14H2;2*1H. The molecule has 80 valence electrons. The Morgan fingerprint density at radius 2 is 1.00 bits per heavy atom. The van der Waals surface area contributed by atoms with E-state index in [0.29, 0.717) is 0 Å². The Bertz CT molecular complexity index is 400. The minimum Gasteiger partial charge on any atom is -0.457 e. The lowest BCUT2D eigenvalue weighted by Crippen LogP contribution is -1.87. The minimum atomic E-state index is 0. The maximum absolute atomic E-state index is 5.58. The molecule has 2 rings (SSSR count). The van der Waals surface area contributed by atoms with Crippen molar-refractivity contribution >= 4 is 11.4 Å². The van der Waals surface area contributed by atoms with Crippen LogP contribution in [0.4, 0.5) is 11.4 Å². The van der Waals surface area contributed by atoms with Gasteiger partial charge < -0.3 is 16.2 Å². The third-order valence-electron chi connectivity index (χ3n) is 2.00. The number of ether oxygens (including phenoxy) is 1. The molecule has 0 aliphatic heterocycles. The number of rotatable bonds is 2. The van der Waals surface area contributed by atoms with E-state index in [9.17, 15) is 0 Å². The van der Waals surface area contributed by atoms with Gasteiger partial charge in [-0.05, 0) is 48.5 Å². The quantitative estimate of drug-likeness (QED) is 0.739. The molecule has 0 unspecified atom stereocenters. The topological polar surface area (TPSA) is 61.3 Å². The molecular formula is C12H16N2O. The molecule has 0 spiro atoms. The largest absolute Gasteiger partial charge is 0.457 e. The van der Waals surface area contributed by atoms with Crippen molar-refractivity contribution in [3.05, 3.63) is 48.5 Å². The van der Waals surface area contributed by atoms with Crippen LogP contribution in [0.5, 0.6) is 11.5 Å². The lowest BCUT2D eigenvalue weighted by Gasteiger charge is -2.05. The second-order valence-corrected chi connectivity index (χ2v) is 3.24. The molecule has 0 radical (unpaired) electrons. The molecule has 2 aromatic carbocycles. The zero-order valence-corrected chi connectivity index (χ0v) is 8.18. The Morgan fingerprint density at radius 3 is 1.33 bits per heavy atom. The first-order valence-corrected chi connectivity index (χ1v) is 4.63. The number of hydrogen-bond donors (Lipinski definition) is 2. The normalized spacial score (nSPS) is 9.87. The van der Waals surface area contributed by atoms with Crippen molar-refractivity contribution in [2.45, 2.75) is 0 Å². The van der Waals surface area contributed by atoms with E-state index < -0.39 is 0 Å². The number of nitrogens with two attached hydrogens (primary N) is 2. The highest BCUT2D eigenvalue weighted by Gasteiger charge is 1.96. The highest BCUT2D eigenvalue weighted by Crippen LogP contribution is 2.22. The second-order valence-electron chi connectivity index (χ2n) is 3.24. The molecule has 15 heavy (non-hydrogen) atoms. The Labute approximate surface area is 91.3 Å². The smallest absolute Gasteiger partial charge is 0.127 e. The van der Waals surface area contributed by atoms with Crippen molar-refractivity contribution in [2.24, 2.45) is 0 Å². The summed E-state index contributed by atoms with van der Waals surface area (Å²) in [7, 11) is 0. The van der Waals surface area contributed by atoms with Crippen LogP contribution in [0.25, 0.3) is 0 Å². The van der Waals surface area contributed by atoms with Crippen LogP contribution >= 0.6 is 0 Å². The number of benzene rings is 2. The van der Waals surface area contributed by atoms with Gasteiger partial charge in [-0.15, -0.1) is 0 Å². The highest BCUT2D eigenvalue weighted by molar-refractivity contribution is 5.45. The summed E-state index contributed by atoms with van der Waals surface area (Å²) in [6.07, 6.45) is 0. The molecule has 0 atom stereocenters. The molecule has 0 aliphatic carbocycles. The Morgan fingerprint density at radius 1 is 0.667 bits per heavy atom. The fourth-order valence-electron chi connectivity index (χ4n) is 1.21. The zero-order valence-electron chi connectivity index (χ0n) is 8.18. The summed E-state index contributed by atoms with van der Waals surface area (Å²) in [5, 5.41) is 0. The van der Waals surface area contributed by atoms with Gasteiger partial charge in [0.05, 0.1) is 0 Å². The molecule has 0 saturated carbocycles. The van der Waals surface area contributed by atoms with E-state index in [0.717, 1.165) is 22.9 Å². The number of hydrogen-bond acceptors (Lipinski definition) is 3. The first kappa shape index (κ1) is 9.40. The fourth-order valence-corrected chi connectivity index (χ4v) is 1.21. The van der Waals surface area contributed by atoms with E-state index >= 15 is 0 Å². The summed E-state index contributed by atoms with van der Waals surface area (Å²) in [5.41, 5.74) is 12.6. The summed E-state index contributed by atoms with van der Waals surface area (Å²) in [6.45, 7) is 0. The lowest BCUT2D eigenvalue weighted by molar-refractivity contribution is 0.483. The summed E-state index contributed by atoms with van der Waals surface area (Å²) >= 11 is 0. The van der Waals surface area contributed by atoms with Crippen molar-refractivity contribution in [3.8, 4) is 11.5 Å². The molecule has 3 nitrogen and oxygen atoms in total. The van der Waals surface area contributed by atoms with E-state index in [4.69, 9.17) is 16.2 Å². The first-order valence-electron chi connectivity index (χ1n) is 4.63. The summed E-state index contributed by atoms with van der Waals surface area (Å²) in [4.78, 5) is 0. The van der Waals surface area contributed by atoms with Crippen molar-refractivity contribution in [1.82, 2.24) is 0 Å². The Hall–Kier alpha value is -2.16.